The molecule has 7 nitrogen and oxygen atoms in total. The number of nitrogens with one attached hydrogen (secondary N) is 2. The van der Waals surface area contributed by atoms with Crippen molar-refractivity contribution in [3.63, 3.8) is 0 Å². The molecule has 0 saturated heterocycles. The van der Waals surface area contributed by atoms with Gasteiger partial charge in [0.1, 0.15) is 5.76 Å². The summed E-state index contributed by atoms with van der Waals surface area (Å²) in [6, 6.07) is 7.55. The van der Waals surface area contributed by atoms with Gasteiger partial charge in [-0.15, -0.1) is 0 Å². The number of aliphatic imine (C=N–C) groups is 1. The van der Waals surface area contributed by atoms with E-state index in [1.165, 1.54) is 0 Å². The Hall–Kier alpha value is -2.83. The van der Waals surface area contributed by atoms with Gasteiger partial charge in [0.15, 0.2) is 17.5 Å². The van der Waals surface area contributed by atoms with Crippen molar-refractivity contribution in [3.8, 4) is 17.2 Å². The van der Waals surface area contributed by atoms with E-state index in [-0.39, 0.29) is 0 Å². The van der Waals surface area contributed by atoms with Crippen LogP contribution in [0.2, 0.25) is 0 Å². The first-order valence-electron chi connectivity index (χ1n) is 8.05. The van der Waals surface area contributed by atoms with Crippen LogP contribution in [0, 0.1) is 0 Å². The minimum atomic E-state index is 0.463. The molecule has 0 spiro atoms. The Kier molecular flexibility index (Phi) is 7.00. The number of hydrogen-bond acceptors (Lipinski definition) is 5. The van der Waals surface area contributed by atoms with E-state index in [0.717, 1.165) is 17.9 Å². The van der Waals surface area contributed by atoms with E-state index in [9.17, 15) is 0 Å². The second kappa shape index (κ2) is 9.46. The maximum Gasteiger partial charge on any atom is 0.203 e. The van der Waals surface area contributed by atoms with Crippen molar-refractivity contribution < 1.29 is 18.6 Å². The van der Waals surface area contributed by atoms with Crippen LogP contribution in [0.25, 0.3) is 0 Å². The second-order valence-corrected chi connectivity index (χ2v) is 5.16. The molecule has 0 radical (unpaired) electrons. The summed E-state index contributed by atoms with van der Waals surface area (Å²) in [5.74, 6) is 3.34. The van der Waals surface area contributed by atoms with E-state index >= 15 is 0 Å². The molecule has 0 unspecified atom stereocenters. The lowest BCUT2D eigenvalue weighted by Gasteiger charge is -2.14. The number of hydrogen-bond donors (Lipinski definition) is 2. The highest BCUT2D eigenvalue weighted by Gasteiger charge is 2.13. The average Bonchev–Trinajstić information content (AvgIpc) is 3.16. The highest BCUT2D eigenvalue weighted by molar-refractivity contribution is 5.79. The first-order chi connectivity index (χ1) is 12.2. The number of rotatable bonds is 8. The highest BCUT2D eigenvalue weighted by Crippen LogP contribution is 2.38. The number of benzene rings is 1. The fourth-order valence-corrected chi connectivity index (χ4v) is 2.32. The largest absolute Gasteiger partial charge is 0.493 e. The van der Waals surface area contributed by atoms with Crippen molar-refractivity contribution in [2.75, 3.05) is 27.9 Å². The molecule has 0 amide bonds. The van der Waals surface area contributed by atoms with Gasteiger partial charge in [-0.1, -0.05) is 0 Å². The van der Waals surface area contributed by atoms with E-state index < -0.39 is 0 Å². The molecule has 0 bridgehead atoms. The molecule has 0 atom stereocenters. The molecule has 7 heteroatoms. The maximum absolute atomic E-state index is 5.37. The number of guanidine groups is 1. The Morgan fingerprint density at radius 1 is 1.08 bits per heavy atom. The van der Waals surface area contributed by atoms with Gasteiger partial charge in [0.05, 0.1) is 40.7 Å². The maximum atomic E-state index is 5.37. The molecule has 1 aromatic heterocycles. The third kappa shape index (κ3) is 5.07. The summed E-state index contributed by atoms with van der Waals surface area (Å²) in [6.07, 6.45) is 1.65. The second-order valence-electron chi connectivity index (χ2n) is 5.16. The molecule has 0 aliphatic carbocycles. The summed E-state index contributed by atoms with van der Waals surface area (Å²) < 4.78 is 21.4. The third-order valence-corrected chi connectivity index (χ3v) is 3.50. The van der Waals surface area contributed by atoms with Crippen molar-refractivity contribution in [2.24, 2.45) is 4.99 Å². The van der Waals surface area contributed by atoms with E-state index in [0.29, 0.717) is 36.3 Å². The topological polar surface area (TPSA) is 77.3 Å². The Morgan fingerprint density at radius 3 is 2.32 bits per heavy atom. The summed E-state index contributed by atoms with van der Waals surface area (Å²) in [7, 11) is 4.78. The van der Waals surface area contributed by atoms with Crippen LogP contribution in [0.5, 0.6) is 17.2 Å². The van der Waals surface area contributed by atoms with E-state index in [1.807, 2.05) is 31.2 Å². The van der Waals surface area contributed by atoms with Gasteiger partial charge in [-0.25, -0.2) is 4.99 Å². The van der Waals surface area contributed by atoms with E-state index in [2.05, 4.69) is 15.6 Å². The zero-order chi connectivity index (χ0) is 18.1. The van der Waals surface area contributed by atoms with Crippen LogP contribution in [-0.4, -0.2) is 33.8 Å². The fourth-order valence-electron chi connectivity index (χ4n) is 2.32. The first kappa shape index (κ1) is 18.5. The fraction of sp³-hybridized carbons (Fsp3) is 0.389. The van der Waals surface area contributed by atoms with Crippen molar-refractivity contribution in [1.29, 1.82) is 0 Å². The number of methoxy groups -OCH3 is 3. The van der Waals surface area contributed by atoms with Crippen LogP contribution < -0.4 is 24.8 Å². The molecular formula is C18H25N3O4. The first-order valence-corrected chi connectivity index (χ1v) is 8.05. The number of ether oxygens (including phenoxy) is 3. The van der Waals surface area contributed by atoms with Crippen LogP contribution in [-0.2, 0) is 13.1 Å². The van der Waals surface area contributed by atoms with Crippen LogP contribution in [0.15, 0.2) is 39.9 Å². The van der Waals surface area contributed by atoms with Gasteiger partial charge in [-0.3, -0.25) is 0 Å². The minimum absolute atomic E-state index is 0.463. The third-order valence-electron chi connectivity index (χ3n) is 3.50. The van der Waals surface area contributed by atoms with Gasteiger partial charge < -0.3 is 29.3 Å². The lowest BCUT2D eigenvalue weighted by Crippen LogP contribution is -2.36. The molecule has 0 fully saturated rings. The van der Waals surface area contributed by atoms with Crippen molar-refractivity contribution in [3.05, 3.63) is 41.9 Å². The van der Waals surface area contributed by atoms with Gasteiger partial charge in [-0.05, 0) is 36.8 Å². The van der Waals surface area contributed by atoms with Gasteiger partial charge in [0.2, 0.25) is 5.75 Å². The smallest absolute Gasteiger partial charge is 0.203 e. The average molecular weight is 347 g/mol. The van der Waals surface area contributed by atoms with Crippen LogP contribution in [0.4, 0.5) is 0 Å². The minimum Gasteiger partial charge on any atom is -0.493 e. The van der Waals surface area contributed by atoms with Crippen LogP contribution >= 0.6 is 0 Å². The Balaban J connectivity index is 2.12. The quantitative estimate of drug-likeness (QED) is 0.564. The van der Waals surface area contributed by atoms with Crippen LogP contribution in [0.3, 0.4) is 0 Å². The molecule has 2 aromatic rings. The number of nitrogens with zero attached hydrogens (tertiary/aromatic N) is 1. The van der Waals surface area contributed by atoms with Gasteiger partial charge in [0, 0.05) is 6.54 Å². The Morgan fingerprint density at radius 2 is 1.80 bits per heavy atom. The highest BCUT2D eigenvalue weighted by atomic mass is 16.5. The monoisotopic (exact) mass is 347 g/mol. The normalized spacial score (nSPS) is 11.1. The van der Waals surface area contributed by atoms with Crippen molar-refractivity contribution in [1.82, 2.24) is 10.6 Å². The molecule has 2 N–H and O–H groups in total. The molecule has 0 aliphatic rings. The van der Waals surface area contributed by atoms with Gasteiger partial charge >= 0.3 is 0 Å². The molecular weight excluding hydrogens is 322 g/mol. The lowest BCUT2D eigenvalue weighted by atomic mass is 10.2. The number of furan rings is 1. The summed E-state index contributed by atoms with van der Waals surface area (Å²) >= 11 is 0. The molecule has 2 rings (SSSR count). The lowest BCUT2D eigenvalue weighted by molar-refractivity contribution is 0.324. The van der Waals surface area contributed by atoms with E-state index in [4.69, 9.17) is 18.6 Å². The molecule has 136 valence electrons. The van der Waals surface area contributed by atoms with E-state index in [1.54, 1.807) is 27.6 Å². The van der Waals surface area contributed by atoms with Gasteiger partial charge in [-0.2, -0.15) is 0 Å². The molecule has 1 heterocycles. The zero-order valence-electron chi connectivity index (χ0n) is 15.1. The van der Waals surface area contributed by atoms with Gasteiger partial charge in [0.25, 0.3) is 0 Å². The summed E-state index contributed by atoms with van der Waals surface area (Å²) in [5.41, 5.74) is 0.949. The Bertz CT molecular complexity index is 659. The summed E-state index contributed by atoms with van der Waals surface area (Å²) in [5, 5.41) is 6.44. The van der Waals surface area contributed by atoms with Crippen molar-refractivity contribution in [2.45, 2.75) is 20.0 Å². The molecule has 25 heavy (non-hydrogen) atoms. The molecule has 0 aliphatic heterocycles. The van der Waals surface area contributed by atoms with Crippen LogP contribution in [0.1, 0.15) is 18.2 Å². The predicted octanol–water partition coefficient (Wildman–Crippen LogP) is 2.56. The molecule has 0 saturated carbocycles. The van der Waals surface area contributed by atoms with Crippen molar-refractivity contribution >= 4 is 5.96 Å². The summed E-state index contributed by atoms with van der Waals surface area (Å²) in [6.45, 7) is 3.81. The molecule has 1 aromatic carbocycles. The summed E-state index contributed by atoms with van der Waals surface area (Å²) in [4.78, 5) is 4.59. The predicted molar refractivity (Wildman–Crippen MR) is 96.5 cm³/mol. The standard InChI is InChI=1S/C18H25N3O4/c1-5-19-18(21-12-14-7-6-8-25-14)20-11-13-9-15(22-2)17(24-4)16(10-13)23-3/h6-10H,5,11-12H2,1-4H3,(H2,19,20,21). The SMILES string of the molecule is CCNC(=NCc1cc(OC)c(OC)c(OC)c1)NCc1ccco1. The Labute approximate surface area is 148 Å². The zero-order valence-corrected chi connectivity index (χ0v) is 15.1.